The van der Waals surface area contributed by atoms with Crippen LogP contribution < -0.4 is 5.32 Å². The molecule has 1 fully saturated rings. The monoisotopic (exact) mass is 288 g/mol. The number of carbonyl (C=O) groups is 2. The van der Waals surface area contributed by atoms with Crippen LogP contribution in [-0.4, -0.2) is 41.5 Å². The second-order valence-electron chi connectivity index (χ2n) is 6.47. The zero-order valence-electron chi connectivity index (χ0n) is 12.6. The molecule has 112 valence electrons. The molecule has 1 aromatic rings. The van der Waals surface area contributed by atoms with Crippen molar-refractivity contribution in [3.05, 3.63) is 29.3 Å². The van der Waals surface area contributed by atoms with Crippen LogP contribution in [0, 0.1) is 0 Å². The first-order valence-corrected chi connectivity index (χ1v) is 7.24. The van der Waals surface area contributed by atoms with Crippen LogP contribution in [0.1, 0.15) is 36.7 Å². The average molecular weight is 288 g/mol. The van der Waals surface area contributed by atoms with Gasteiger partial charge in [0.2, 0.25) is 5.91 Å². The van der Waals surface area contributed by atoms with Crippen molar-refractivity contribution in [2.45, 2.75) is 38.9 Å². The zero-order valence-corrected chi connectivity index (χ0v) is 12.6. The third kappa shape index (κ3) is 2.78. The number of nitrogens with one attached hydrogen (secondary N) is 1. The van der Waals surface area contributed by atoms with Gasteiger partial charge >= 0.3 is 0 Å². The van der Waals surface area contributed by atoms with Gasteiger partial charge in [-0.3, -0.25) is 9.59 Å². The Bertz CT molecular complexity index is 610. The maximum absolute atomic E-state index is 12.7. The molecule has 1 atom stereocenters. The summed E-state index contributed by atoms with van der Waals surface area (Å²) in [5, 5.41) is 2.79. The molecule has 2 aliphatic rings. The summed E-state index contributed by atoms with van der Waals surface area (Å²) in [4.78, 5) is 25.9. The van der Waals surface area contributed by atoms with Gasteiger partial charge in [-0.2, -0.15) is 0 Å². The number of carbonyl (C=O) groups excluding carboxylic acids is 2. The van der Waals surface area contributed by atoms with Crippen LogP contribution in [0.3, 0.4) is 0 Å². The summed E-state index contributed by atoms with van der Waals surface area (Å²) < 4.78 is 5.83. The number of hydrogen-bond acceptors (Lipinski definition) is 3. The minimum Gasteiger partial charge on any atom is -0.369 e. The predicted molar refractivity (Wildman–Crippen MR) is 79.3 cm³/mol. The maximum atomic E-state index is 12.7. The number of amides is 2. The van der Waals surface area contributed by atoms with Crippen molar-refractivity contribution in [1.82, 2.24) is 4.90 Å². The van der Waals surface area contributed by atoms with Gasteiger partial charge in [0.25, 0.3) is 5.91 Å². The lowest BCUT2D eigenvalue weighted by Gasteiger charge is -2.41. The lowest BCUT2D eigenvalue weighted by Crippen LogP contribution is -2.53. The molecule has 21 heavy (non-hydrogen) atoms. The van der Waals surface area contributed by atoms with E-state index >= 15 is 0 Å². The van der Waals surface area contributed by atoms with E-state index in [1.165, 1.54) is 0 Å². The van der Waals surface area contributed by atoms with E-state index in [1.54, 1.807) is 12.1 Å². The molecule has 5 heteroatoms. The molecule has 2 amide bonds. The first-order chi connectivity index (χ1) is 9.84. The van der Waals surface area contributed by atoms with E-state index in [4.69, 9.17) is 4.74 Å². The van der Waals surface area contributed by atoms with E-state index in [2.05, 4.69) is 5.32 Å². The first-order valence-electron chi connectivity index (χ1n) is 7.24. The third-order valence-electron chi connectivity index (χ3n) is 3.84. The van der Waals surface area contributed by atoms with E-state index in [9.17, 15) is 9.59 Å². The van der Waals surface area contributed by atoms with Gasteiger partial charge in [0.1, 0.15) is 0 Å². The number of benzene rings is 1. The molecular formula is C16H20N2O3. The highest BCUT2D eigenvalue weighted by Crippen LogP contribution is 2.26. The van der Waals surface area contributed by atoms with Gasteiger partial charge in [0.05, 0.1) is 18.1 Å². The number of hydrogen-bond donors (Lipinski definition) is 1. The summed E-state index contributed by atoms with van der Waals surface area (Å²) in [5.74, 6) is -0.0297. The molecule has 0 radical (unpaired) electrons. The minimum absolute atomic E-state index is 0.0119. The summed E-state index contributed by atoms with van der Waals surface area (Å²) in [6.45, 7) is 7.12. The van der Waals surface area contributed by atoms with Crippen LogP contribution >= 0.6 is 0 Å². The van der Waals surface area contributed by atoms with E-state index in [-0.39, 0.29) is 23.5 Å². The van der Waals surface area contributed by atoms with Gasteiger partial charge in [0, 0.05) is 24.3 Å². The second kappa shape index (κ2) is 4.84. The summed E-state index contributed by atoms with van der Waals surface area (Å²) in [5.41, 5.74) is 1.98. The van der Waals surface area contributed by atoms with Crippen LogP contribution in [0.4, 0.5) is 5.69 Å². The molecule has 0 saturated carbocycles. The average Bonchev–Trinajstić information content (AvgIpc) is 2.74. The number of rotatable bonds is 1. The molecule has 2 heterocycles. The molecule has 0 aliphatic carbocycles. The highest BCUT2D eigenvalue weighted by molar-refractivity contribution is 6.02. The minimum atomic E-state index is -0.335. The van der Waals surface area contributed by atoms with E-state index in [0.717, 1.165) is 11.3 Å². The highest BCUT2D eigenvalue weighted by Gasteiger charge is 2.34. The molecule has 0 spiro atoms. The number of ether oxygens (including phenoxy) is 1. The standard InChI is InChI=1S/C16H20N2O3/c1-10-8-18(9-16(2,3)21-10)15(20)12-5-4-11-7-14(19)17-13(11)6-12/h4-6,10H,7-9H2,1-3H3,(H,17,19). The van der Waals surface area contributed by atoms with Crippen molar-refractivity contribution in [2.24, 2.45) is 0 Å². The quantitative estimate of drug-likeness (QED) is 0.857. The topological polar surface area (TPSA) is 58.6 Å². The van der Waals surface area contributed by atoms with Crippen molar-refractivity contribution in [1.29, 1.82) is 0 Å². The van der Waals surface area contributed by atoms with Gasteiger partial charge in [-0.05, 0) is 38.5 Å². The van der Waals surface area contributed by atoms with E-state index in [0.29, 0.717) is 25.1 Å². The van der Waals surface area contributed by atoms with Crippen molar-refractivity contribution in [3.63, 3.8) is 0 Å². The van der Waals surface area contributed by atoms with Crippen LogP contribution in [0.15, 0.2) is 18.2 Å². The molecular weight excluding hydrogens is 268 g/mol. The number of nitrogens with zero attached hydrogens (tertiary/aromatic N) is 1. The van der Waals surface area contributed by atoms with E-state index in [1.807, 2.05) is 31.7 Å². The highest BCUT2D eigenvalue weighted by atomic mass is 16.5. The van der Waals surface area contributed by atoms with Gasteiger partial charge in [-0.15, -0.1) is 0 Å². The lowest BCUT2D eigenvalue weighted by atomic mass is 10.0. The first kappa shape index (κ1) is 14.1. The summed E-state index contributed by atoms with van der Waals surface area (Å²) in [7, 11) is 0. The smallest absolute Gasteiger partial charge is 0.254 e. The molecule has 5 nitrogen and oxygen atoms in total. The van der Waals surface area contributed by atoms with Crippen LogP contribution in [0.25, 0.3) is 0 Å². The molecule has 1 N–H and O–H groups in total. The molecule has 1 unspecified atom stereocenters. The summed E-state index contributed by atoms with van der Waals surface area (Å²) >= 11 is 0. The zero-order chi connectivity index (χ0) is 15.2. The van der Waals surface area contributed by atoms with Gasteiger partial charge in [0.15, 0.2) is 0 Å². The van der Waals surface area contributed by atoms with Crippen molar-refractivity contribution in [2.75, 3.05) is 18.4 Å². The summed E-state index contributed by atoms with van der Waals surface area (Å²) in [6, 6.07) is 5.43. The van der Waals surface area contributed by atoms with Crippen LogP contribution in [0.2, 0.25) is 0 Å². The Morgan fingerprint density at radius 3 is 2.90 bits per heavy atom. The summed E-state index contributed by atoms with van der Waals surface area (Å²) in [6.07, 6.45) is 0.414. The Morgan fingerprint density at radius 2 is 2.19 bits per heavy atom. The Balaban J connectivity index is 1.82. The third-order valence-corrected chi connectivity index (χ3v) is 3.84. The fourth-order valence-corrected chi connectivity index (χ4v) is 3.14. The van der Waals surface area contributed by atoms with Crippen LogP contribution in [-0.2, 0) is 16.0 Å². The van der Waals surface area contributed by atoms with Gasteiger partial charge < -0.3 is 15.0 Å². The maximum Gasteiger partial charge on any atom is 0.254 e. The molecule has 1 aromatic carbocycles. The normalized spacial score (nSPS) is 23.7. The van der Waals surface area contributed by atoms with E-state index < -0.39 is 0 Å². The molecule has 0 bridgehead atoms. The Kier molecular flexibility index (Phi) is 3.24. The Morgan fingerprint density at radius 1 is 1.43 bits per heavy atom. The lowest BCUT2D eigenvalue weighted by molar-refractivity contribution is -0.118. The van der Waals surface area contributed by atoms with Gasteiger partial charge in [-0.1, -0.05) is 6.07 Å². The number of fused-ring (bicyclic) bond motifs is 1. The fourth-order valence-electron chi connectivity index (χ4n) is 3.14. The molecule has 2 aliphatic heterocycles. The van der Waals surface area contributed by atoms with Crippen molar-refractivity contribution in [3.8, 4) is 0 Å². The number of morpholine rings is 1. The largest absolute Gasteiger partial charge is 0.369 e. The van der Waals surface area contributed by atoms with Crippen molar-refractivity contribution < 1.29 is 14.3 Å². The van der Waals surface area contributed by atoms with Crippen molar-refractivity contribution >= 4 is 17.5 Å². The fraction of sp³-hybridized carbons (Fsp3) is 0.500. The second-order valence-corrected chi connectivity index (χ2v) is 6.47. The Hall–Kier alpha value is -1.88. The molecule has 0 aromatic heterocycles. The number of anilines is 1. The molecule has 3 rings (SSSR count). The Labute approximate surface area is 124 Å². The van der Waals surface area contributed by atoms with Gasteiger partial charge in [-0.25, -0.2) is 0 Å². The van der Waals surface area contributed by atoms with Crippen LogP contribution in [0.5, 0.6) is 0 Å². The predicted octanol–water partition coefficient (Wildman–Crippen LogP) is 1.82. The SMILES string of the molecule is CC1CN(C(=O)c2ccc3c(c2)NC(=O)C3)CC(C)(C)O1. The molecule has 1 saturated heterocycles.